The first-order valence-electron chi connectivity index (χ1n) is 5.72. The Hall–Kier alpha value is -1.98. The van der Waals surface area contributed by atoms with E-state index in [1.54, 1.807) is 18.3 Å². The first kappa shape index (κ1) is 13.0. The molecule has 2 aromatic heterocycles. The summed E-state index contributed by atoms with van der Waals surface area (Å²) in [5.41, 5.74) is 0.790. The first-order chi connectivity index (χ1) is 9.74. The van der Waals surface area contributed by atoms with Crippen molar-refractivity contribution in [2.75, 3.05) is 0 Å². The third-order valence-electron chi connectivity index (χ3n) is 2.53. The predicted octanol–water partition coefficient (Wildman–Crippen LogP) is 4.79. The molecule has 2 heterocycles. The standard InChI is InChI=1S/C14H8ClFN2OS/c15-9-7-11(16)13(18-8-9)19-12-4-2-1-3-10(12)14-17-5-6-20-14/h1-8H. The molecule has 0 unspecified atom stereocenters. The zero-order chi connectivity index (χ0) is 13.9. The summed E-state index contributed by atoms with van der Waals surface area (Å²) in [4.78, 5) is 8.08. The largest absolute Gasteiger partial charge is 0.436 e. The van der Waals surface area contributed by atoms with Gasteiger partial charge in [-0.1, -0.05) is 23.7 Å². The van der Waals surface area contributed by atoms with Crippen LogP contribution < -0.4 is 4.74 Å². The molecule has 0 saturated carbocycles. The Morgan fingerprint density at radius 2 is 2.05 bits per heavy atom. The second kappa shape index (κ2) is 5.56. The highest BCUT2D eigenvalue weighted by Gasteiger charge is 2.12. The van der Waals surface area contributed by atoms with Gasteiger partial charge in [0.15, 0.2) is 5.82 Å². The average molecular weight is 307 g/mol. The first-order valence-corrected chi connectivity index (χ1v) is 6.97. The molecule has 0 atom stereocenters. The van der Waals surface area contributed by atoms with Crippen LogP contribution in [0.5, 0.6) is 11.6 Å². The molecule has 0 fully saturated rings. The summed E-state index contributed by atoms with van der Waals surface area (Å²) in [6, 6.07) is 8.44. The maximum atomic E-state index is 13.7. The van der Waals surface area contributed by atoms with Crippen molar-refractivity contribution >= 4 is 22.9 Å². The van der Waals surface area contributed by atoms with E-state index >= 15 is 0 Å². The smallest absolute Gasteiger partial charge is 0.255 e. The summed E-state index contributed by atoms with van der Waals surface area (Å²) in [7, 11) is 0. The van der Waals surface area contributed by atoms with Crippen LogP contribution in [-0.4, -0.2) is 9.97 Å². The van der Waals surface area contributed by atoms with Gasteiger partial charge in [-0.3, -0.25) is 0 Å². The van der Waals surface area contributed by atoms with Crippen molar-refractivity contribution < 1.29 is 9.13 Å². The van der Waals surface area contributed by atoms with Gasteiger partial charge in [0.05, 0.1) is 10.6 Å². The molecule has 0 aliphatic carbocycles. The molecule has 3 aromatic rings. The summed E-state index contributed by atoms with van der Waals surface area (Å²) < 4.78 is 19.3. The second-order valence-corrected chi connectivity index (χ2v) is 5.21. The number of hydrogen-bond acceptors (Lipinski definition) is 4. The molecule has 0 amide bonds. The average Bonchev–Trinajstić information content (AvgIpc) is 2.96. The minimum Gasteiger partial charge on any atom is -0.436 e. The molecule has 0 spiro atoms. The van der Waals surface area contributed by atoms with E-state index in [1.807, 2.05) is 17.5 Å². The van der Waals surface area contributed by atoms with E-state index in [0.29, 0.717) is 5.75 Å². The van der Waals surface area contributed by atoms with Crippen molar-refractivity contribution in [2.45, 2.75) is 0 Å². The van der Waals surface area contributed by atoms with Crippen LogP contribution in [0.3, 0.4) is 0 Å². The van der Waals surface area contributed by atoms with Crippen LogP contribution in [0, 0.1) is 5.82 Å². The summed E-state index contributed by atoms with van der Waals surface area (Å²) in [5, 5.41) is 2.89. The van der Waals surface area contributed by atoms with E-state index in [-0.39, 0.29) is 10.9 Å². The van der Waals surface area contributed by atoms with Gasteiger partial charge >= 0.3 is 0 Å². The molecular formula is C14H8ClFN2OS. The number of nitrogens with zero attached hydrogens (tertiary/aromatic N) is 2. The molecule has 0 bridgehead atoms. The van der Waals surface area contributed by atoms with Crippen molar-refractivity contribution in [3.05, 3.63) is 58.9 Å². The SMILES string of the molecule is Fc1cc(Cl)cnc1Oc1ccccc1-c1nccs1. The molecule has 0 saturated heterocycles. The van der Waals surface area contributed by atoms with Crippen LogP contribution in [0.2, 0.25) is 5.02 Å². The molecule has 0 radical (unpaired) electrons. The lowest BCUT2D eigenvalue weighted by atomic mass is 10.2. The fourth-order valence-corrected chi connectivity index (χ4v) is 2.48. The summed E-state index contributed by atoms with van der Waals surface area (Å²) in [5.74, 6) is -0.221. The number of hydrogen-bond donors (Lipinski definition) is 0. The van der Waals surface area contributed by atoms with Gasteiger partial charge in [-0.2, -0.15) is 0 Å². The quantitative estimate of drug-likeness (QED) is 0.698. The fraction of sp³-hybridized carbons (Fsp3) is 0. The van der Waals surface area contributed by atoms with E-state index in [1.165, 1.54) is 17.5 Å². The highest BCUT2D eigenvalue weighted by atomic mass is 35.5. The third-order valence-corrected chi connectivity index (χ3v) is 3.54. The van der Waals surface area contributed by atoms with E-state index in [2.05, 4.69) is 9.97 Å². The van der Waals surface area contributed by atoms with Crippen LogP contribution in [0.25, 0.3) is 10.6 Å². The Morgan fingerprint density at radius 1 is 1.20 bits per heavy atom. The van der Waals surface area contributed by atoms with Gasteiger partial charge in [0, 0.05) is 17.8 Å². The second-order valence-electron chi connectivity index (χ2n) is 3.88. The predicted molar refractivity (Wildman–Crippen MR) is 76.8 cm³/mol. The molecule has 3 nitrogen and oxygen atoms in total. The number of ether oxygens (including phenoxy) is 1. The van der Waals surface area contributed by atoms with Crippen molar-refractivity contribution in [3.63, 3.8) is 0 Å². The lowest BCUT2D eigenvalue weighted by molar-refractivity contribution is 0.424. The molecular weight excluding hydrogens is 299 g/mol. The van der Waals surface area contributed by atoms with Crippen LogP contribution in [0.4, 0.5) is 4.39 Å². The maximum Gasteiger partial charge on any atom is 0.255 e. The van der Waals surface area contributed by atoms with E-state index in [0.717, 1.165) is 16.6 Å². The van der Waals surface area contributed by atoms with Gasteiger partial charge < -0.3 is 4.74 Å². The summed E-state index contributed by atoms with van der Waals surface area (Å²) in [6.07, 6.45) is 3.05. The van der Waals surface area contributed by atoms with Gasteiger partial charge in [-0.05, 0) is 18.2 Å². The number of pyridine rings is 1. The van der Waals surface area contributed by atoms with E-state index in [4.69, 9.17) is 16.3 Å². The van der Waals surface area contributed by atoms with Gasteiger partial charge in [0.25, 0.3) is 5.88 Å². The fourth-order valence-electron chi connectivity index (χ4n) is 1.67. The Balaban J connectivity index is 1.99. The zero-order valence-electron chi connectivity index (χ0n) is 10.1. The van der Waals surface area contributed by atoms with Gasteiger partial charge in [0.1, 0.15) is 10.8 Å². The number of thiazole rings is 1. The minimum atomic E-state index is -0.605. The van der Waals surface area contributed by atoms with Gasteiger partial charge in [-0.15, -0.1) is 11.3 Å². The molecule has 0 aliphatic heterocycles. The molecule has 6 heteroatoms. The topological polar surface area (TPSA) is 35.0 Å². The minimum absolute atomic E-state index is 0.113. The Morgan fingerprint density at radius 3 is 2.80 bits per heavy atom. The van der Waals surface area contributed by atoms with Crippen LogP contribution >= 0.6 is 22.9 Å². The van der Waals surface area contributed by atoms with Crippen molar-refractivity contribution in [1.82, 2.24) is 9.97 Å². The lowest BCUT2D eigenvalue weighted by Gasteiger charge is -2.09. The van der Waals surface area contributed by atoms with Crippen LogP contribution in [0.15, 0.2) is 48.1 Å². The molecule has 3 rings (SSSR count). The summed E-state index contributed by atoms with van der Waals surface area (Å²) in [6.45, 7) is 0. The zero-order valence-corrected chi connectivity index (χ0v) is 11.7. The number of benzene rings is 1. The molecule has 0 aliphatic rings. The lowest BCUT2D eigenvalue weighted by Crippen LogP contribution is -1.93. The van der Waals surface area contributed by atoms with E-state index < -0.39 is 5.82 Å². The Kier molecular flexibility index (Phi) is 3.62. The highest BCUT2D eigenvalue weighted by molar-refractivity contribution is 7.13. The molecule has 1 aromatic carbocycles. The van der Waals surface area contributed by atoms with Crippen molar-refractivity contribution in [3.8, 4) is 22.2 Å². The van der Waals surface area contributed by atoms with Crippen LogP contribution in [-0.2, 0) is 0 Å². The third kappa shape index (κ3) is 2.64. The highest BCUT2D eigenvalue weighted by Crippen LogP contribution is 2.34. The van der Waals surface area contributed by atoms with Crippen molar-refractivity contribution in [2.24, 2.45) is 0 Å². The van der Waals surface area contributed by atoms with Gasteiger partial charge in [0.2, 0.25) is 0 Å². The monoisotopic (exact) mass is 306 g/mol. The van der Waals surface area contributed by atoms with Crippen molar-refractivity contribution in [1.29, 1.82) is 0 Å². The Bertz CT molecular complexity index is 734. The number of para-hydroxylation sites is 1. The maximum absolute atomic E-state index is 13.7. The van der Waals surface area contributed by atoms with E-state index in [9.17, 15) is 4.39 Å². The van der Waals surface area contributed by atoms with Gasteiger partial charge in [-0.25, -0.2) is 14.4 Å². The molecule has 0 N–H and O–H groups in total. The summed E-state index contributed by atoms with van der Waals surface area (Å²) >= 11 is 7.15. The molecule has 20 heavy (non-hydrogen) atoms. The number of rotatable bonds is 3. The molecule has 100 valence electrons. The normalized spacial score (nSPS) is 10.5. The number of aromatic nitrogens is 2. The number of halogens is 2. The van der Waals surface area contributed by atoms with Crippen LogP contribution in [0.1, 0.15) is 0 Å². The Labute approximate surface area is 123 Å².